The molecule has 3 rings (SSSR count). The number of amides is 1. The molecule has 0 aliphatic carbocycles. The fraction of sp³-hybridized carbons (Fsp3) is 0.259. The number of hydrogen-bond donors (Lipinski definition) is 1. The van der Waals surface area contributed by atoms with Gasteiger partial charge in [-0.05, 0) is 49.2 Å². The van der Waals surface area contributed by atoms with Gasteiger partial charge in [-0.25, -0.2) is 18.6 Å². The van der Waals surface area contributed by atoms with Crippen LogP contribution in [0.15, 0.2) is 48.7 Å². The number of esters is 2. The second-order valence-electron chi connectivity index (χ2n) is 8.45. The number of methoxy groups -OCH3 is 1. The van der Waals surface area contributed by atoms with E-state index in [9.17, 15) is 23.2 Å². The minimum absolute atomic E-state index is 0.0856. The van der Waals surface area contributed by atoms with E-state index in [1.807, 2.05) is 0 Å². The number of carbonyl (C=O) groups is 3. The molecule has 0 saturated carbocycles. The van der Waals surface area contributed by atoms with Crippen molar-refractivity contribution in [3.63, 3.8) is 0 Å². The average molecular weight is 581 g/mol. The largest absolute Gasteiger partial charge is 0.493 e. The van der Waals surface area contributed by atoms with Gasteiger partial charge in [-0.2, -0.15) is 0 Å². The van der Waals surface area contributed by atoms with E-state index >= 15 is 0 Å². The number of rotatable bonds is 9. The molecule has 206 valence electrons. The third-order valence-corrected chi connectivity index (χ3v) is 6.24. The van der Waals surface area contributed by atoms with Gasteiger partial charge in [0.05, 0.1) is 17.2 Å². The first-order chi connectivity index (χ1) is 18.4. The summed E-state index contributed by atoms with van der Waals surface area (Å²) in [5.74, 6) is -4.74. The molecular formula is C27H24Cl2F2N2O6. The van der Waals surface area contributed by atoms with Crippen LogP contribution in [0.25, 0.3) is 0 Å². The van der Waals surface area contributed by atoms with Gasteiger partial charge in [-0.3, -0.25) is 9.59 Å². The Labute approximate surface area is 233 Å². The van der Waals surface area contributed by atoms with Crippen molar-refractivity contribution < 1.29 is 37.4 Å². The average Bonchev–Trinajstić information content (AvgIpc) is 2.88. The van der Waals surface area contributed by atoms with Gasteiger partial charge in [0.25, 0.3) is 5.91 Å². The fourth-order valence-electron chi connectivity index (χ4n) is 3.82. The molecule has 2 aromatic carbocycles. The van der Waals surface area contributed by atoms with Crippen LogP contribution in [0.2, 0.25) is 10.0 Å². The zero-order chi connectivity index (χ0) is 28.9. The molecule has 1 heterocycles. The molecule has 3 aromatic rings. The first-order valence-electron chi connectivity index (χ1n) is 11.6. The molecule has 0 bridgehead atoms. The second-order valence-corrected chi connectivity index (χ2v) is 9.26. The van der Waals surface area contributed by atoms with Crippen LogP contribution in [0.5, 0.6) is 11.5 Å². The third kappa shape index (κ3) is 7.21. The number of benzene rings is 2. The summed E-state index contributed by atoms with van der Waals surface area (Å²) >= 11 is 11.6. The van der Waals surface area contributed by atoms with Crippen LogP contribution in [-0.4, -0.2) is 42.1 Å². The Morgan fingerprint density at radius 1 is 0.949 bits per heavy atom. The standard InChI is InChI=1S/C27H24Cl2F2N2O6/c1-13(33-26(35)24-25(39-15(3)34)22(37-4)9-10-32-24)27(36)38-14(2)23(16-5-7-18(28)20(30)11-16)17-6-8-19(29)21(31)12-17/h5-14,23H,1-4H3,(H,33,35)/t13-,14-/m0/s1. The molecule has 0 spiro atoms. The van der Waals surface area contributed by atoms with Gasteiger partial charge in [0, 0.05) is 25.1 Å². The highest BCUT2D eigenvalue weighted by Gasteiger charge is 2.30. The molecule has 0 radical (unpaired) electrons. The lowest BCUT2D eigenvalue weighted by Gasteiger charge is -2.27. The van der Waals surface area contributed by atoms with Crippen LogP contribution in [0, 0.1) is 11.6 Å². The minimum Gasteiger partial charge on any atom is -0.493 e. The number of hydrogen-bond acceptors (Lipinski definition) is 7. The third-order valence-electron chi connectivity index (χ3n) is 5.63. The summed E-state index contributed by atoms with van der Waals surface area (Å²) < 4.78 is 44.4. The van der Waals surface area contributed by atoms with Crippen molar-refractivity contribution in [2.45, 2.75) is 38.8 Å². The number of halogens is 4. The quantitative estimate of drug-likeness (QED) is 0.334. The summed E-state index contributed by atoms with van der Waals surface area (Å²) in [6.07, 6.45) is 0.317. The summed E-state index contributed by atoms with van der Waals surface area (Å²) in [6.45, 7) is 4.06. The molecule has 0 aliphatic rings. The Balaban J connectivity index is 1.84. The van der Waals surface area contributed by atoms with E-state index in [1.165, 1.54) is 62.7 Å². The van der Waals surface area contributed by atoms with Crippen molar-refractivity contribution >= 4 is 41.0 Å². The fourth-order valence-corrected chi connectivity index (χ4v) is 4.05. The topological polar surface area (TPSA) is 104 Å². The number of nitrogens with one attached hydrogen (secondary N) is 1. The Hall–Kier alpha value is -3.76. The van der Waals surface area contributed by atoms with Gasteiger partial charge in [0.15, 0.2) is 11.4 Å². The van der Waals surface area contributed by atoms with Crippen LogP contribution in [0.1, 0.15) is 48.3 Å². The zero-order valence-corrected chi connectivity index (χ0v) is 22.8. The number of nitrogens with zero attached hydrogens (tertiary/aromatic N) is 1. The number of carbonyl (C=O) groups excluding carboxylic acids is 3. The van der Waals surface area contributed by atoms with E-state index in [4.69, 9.17) is 37.4 Å². The molecule has 1 N–H and O–H groups in total. The monoisotopic (exact) mass is 580 g/mol. The van der Waals surface area contributed by atoms with Crippen molar-refractivity contribution in [3.05, 3.63) is 87.2 Å². The lowest BCUT2D eigenvalue weighted by atomic mass is 9.87. The van der Waals surface area contributed by atoms with Crippen molar-refractivity contribution in [2.75, 3.05) is 7.11 Å². The van der Waals surface area contributed by atoms with Crippen LogP contribution in [-0.2, 0) is 14.3 Å². The van der Waals surface area contributed by atoms with Gasteiger partial charge in [0.2, 0.25) is 5.75 Å². The molecular weight excluding hydrogens is 557 g/mol. The second kappa shape index (κ2) is 12.9. The SMILES string of the molecule is COc1ccnc(C(=O)N[C@@H](C)C(=O)O[C@@H](C)C(c2ccc(Cl)c(F)c2)c2ccc(Cl)c(F)c2)c1OC(C)=O. The lowest BCUT2D eigenvalue weighted by molar-refractivity contribution is -0.150. The lowest BCUT2D eigenvalue weighted by Crippen LogP contribution is -2.41. The molecule has 1 aromatic heterocycles. The summed E-state index contributed by atoms with van der Waals surface area (Å²) in [6, 6.07) is 8.28. The van der Waals surface area contributed by atoms with E-state index in [-0.39, 0.29) is 27.2 Å². The van der Waals surface area contributed by atoms with Crippen LogP contribution in [0.4, 0.5) is 8.78 Å². The van der Waals surface area contributed by atoms with Gasteiger partial charge in [-0.1, -0.05) is 35.3 Å². The first-order valence-corrected chi connectivity index (χ1v) is 12.3. The molecule has 39 heavy (non-hydrogen) atoms. The van der Waals surface area contributed by atoms with E-state index in [1.54, 1.807) is 6.92 Å². The number of pyridine rings is 1. The van der Waals surface area contributed by atoms with E-state index in [0.717, 1.165) is 6.92 Å². The summed E-state index contributed by atoms with van der Waals surface area (Å²) in [4.78, 5) is 41.3. The highest BCUT2D eigenvalue weighted by atomic mass is 35.5. The van der Waals surface area contributed by atoms with E-state index in [0.29, 0.717) is 11.1 Å². The van der Waals surface area contributed by atoms with Crippen molar-refractivity contribution in [2.24, 2.45) is 0 Å². The smallest absolute Gasteiger partial charge is 0.328 e. The number of ether oxygens (including phenoxy) is 3. The van der Waals surface area contributed by atoms with Gasteiger partial charge in [-0.15, -0.1) is 0 Å². The molecule has 0 fully saturated rings. The molecule has 12 heteroatoms. The molecule has 1 amide bonds. The number of aromatic nitrogens is 1. The molecule has 2 atom stereocenters. The van der Waals surface area contributed by atoms with Crippen molar-refractivity contribution in [1.29, 1.82) is 0 Å². The highest BCUT2D eigenvalue weighted by molar-refractivity contribution is 6.31. The Morgan fingerprint density at radius 3 is 2.00 bits per heavy atom. The molecule has 8 nitrogen and oxygen atoms in total. The maximum atomic E-state index is 14.3. The molecule has 0 aliphatic heterocycles. The van der Waals surface area contributed by atoms with E-state index in [2.05, 4.69) is 10.3 Å². The van der Waals surface area contributed by atoms with Crippen molar-refractivity contribution in [1.82, 2.24) is 10.3 Å². The Bertz CT molecular complexity index is 1350. The van der Waals surface area contributed by atoms with Gasteiger partial charge >= 0.3 is 11.9 Å². The highest BCUT2D eigenvalue weighted by Crippen LogP contribution is 2.34. The molecule has 0 unspecified atom stereocenters. The van der Waals surface area contributed by atoms with Crippen molar-refractivity contribution in [3.8, 4) is 11.5 Å². The normalized spacial score (nSPS) is 12.4. The Morgan fingerprint density at radius 2 is 1.51 bits per heavy atom. The van der Waals surface area contributed by atoms with Crippen LogP contribution < -0.4 is 14.8 Å². The van der Waals surface area contributed by atoms with E-state index < -0.39 is 47.5 Å². The predicted molar refractivity (Wildman–Crippen MR) is 139 cm³/mol. The first kappa shape index (κ1) is 29.8. The Kier molecular flexibility index (Phi) is 9.82. The summed E-state index contributed by atoms with van der Waals surface area (Å²) in [7, 11) is 1.32. The zero-order valence-electron chi connectivity index (χ0n) is 21.3. The summed E-state index contributed by atoms with van der Waals surface area (Å²) in [5.41, 5.74) is 0.438. The summed E-state index contributed by atoms with van der Waals surface area (Å²) in [5, 5.41) is 2.22. The van der Waals surface area contributed by atoms with Gasteiger partial charge < -0.3 is 19.5 Å². The van der Waals surface area contributed by atoms with Gasteiger partial charge in [0.1, 0.15) is 23.8 Å². The molecule has 0 saturated heterocycles. The maximum absolute atomic E-state index is 14.3. The van der Waals surface area contributed by atoms with Crippen LogP contribution >= 0.6 is 23.2 Å². The maximum Gasteiger partial charge on any atom is 0.328 e. The predicted octanol–water partition coefficient (Wildman–Crippen LogP) is 5.48. The van der Waals surface area contributed by atoms with Crippen LogP contribution in [0.3, 0.4) is 0 Å². The minimum atomic E-state index is -1.19.